The average molecular weight is 162 g/mol. The molecule has 66 valence electrons. The van der Waals surface area contributed by atoms with E-state index in [2.05, 4.69) is 0 Å². The SMILES string of the molecule is C1C2CC3CC(C4CC4)C3CC12. The van der Waals surface area contributed by atoms with Crippen LogP contribution in [0, 0.1) is 35.5 Å². The number of fused-ring (bicyclic) bond motifs is 2. The van der Waals surface area contributed by atoms with Crippen molar-refractivity contribution >= 4 is 0 Å². The van der Waals surface area contributed by atoms with Gasteiger partial charge in [-0.2, -0.15) is 0 Å². The van der Waals surface area contributed by atoms with Crippen molar-refractivity contribution in [2.24, 2.45) is 35.5 Å². The monoisotopic (exact) mass is 162 g/mol. The molecule has 0 N–H and O–H groups in total. The Bertz CT molecular complexity index is 216. The lowest BCUT2D eigenvalue weighted by molar-refractivity contribution is 0.0109. The quantitative estimate of drug-likeness (QED) is 0.556. The fourth-order valence-electron chi connectivity index (χ4n) is 4.18. The highest BCUT2D eigenvalue weighted by Crippen LogP contribution is 2.65. The molecule has 0 amide bonds. The highest BCUT2D eigenvalue weighted by Gasteiger charge is 2.56. The van der Waals surface area contributed by atoms with Crippen LogP contribution in [-0.2, 0) is 0 Å². The fraction of sp³-hybridized carbons (Fsp3) is 1.00. The molecule has 0 heterocycles. The van der Waals surface area contributed by atoms with Crippen molar-refractivity contribution in [1.29, 1.82) is 0 Å². The van der Waals surface area contributed by atoms with Gasteiger partial charge in [0, 0.05) is 0 Å². The average Bonchev–Trinajstić information content (AvgIpc) is 2.86. The standard InChI is InChI=1S/C12H18/c1-2-7(1)11-6-10-4-8-3-9(8)5-12(10)11/h7-12H,1-6H2. The van der Waals surface area contributed by atoms with E-state index in [4.69, 9.17) is 0 Å². The Hall–Kier alpha value is 0. The Kier molecular flexibility index (Phi) is 1.03. The summed E-state index contributed by atoms with van der Waals surface area (Å²) in [5, 5.41) is 0. The minimum absolute atomic E-state index is 1.21. The van der Waals surface area contributed by atoms with Crippen molar-refractivity contribution in [3.05, 3.63) is 0 Å². The van der Waals surface area contributed by atoms with Gasteiger partial charge in [0.05, 0.1) is 0 Å². The van der Waals surface area contributed by atoms with E-state index in [0.29, 0.717) is 0 Å². The molecule has 0 spiro atoms. The second-order valence-electron chi connectivity index (χ2n) is 5.89. The first-order chi connectivity index (χ1) is 5.92. The number of hydrogen-bond acceptors (Lipinski definition) is 0. The Morgan fingerprint density at radius 1 is 0.500 bits per heavy atom. The lowest BCUT2D eigenvalue weighted by Gasteiger charge is -2.48. The molecule has 0 aliphatic heterocycles. The molecule has 4 aliphatic rings. The van der Waals surface area contributed by atoms with Crippen molar-refractivity contribution < 1.29 is 0 Å². The van der Waals surface area contributed by atoms with Gasteiger partial charge in [0.2, 0.25) is 0 Å². The van der Waals surface area contributed by atoms with Crippen molar-refractivity contribution in [2.75, 3.05) is 0 Å². The summed E-state index contributed by atoms with van der Waals surface area (Å²) in [5.41, 5.74) is 0. The first-order valence-electron chi connectivity index (χ1n) is 5.92. The molecule has 4 rings (SSSR count). The Labute approximate surface area is 74.7 Å². The third kappa shape index (κ3) is 0.744. The van der Waals surface area contributed by atoms with Crippen LogP contribution in [-0.4, -0.2) is 0 Å². The first kappa shape index (κ1) is 6.45. The van der Waals surface area contributed by atoms with Crippen molar-refractivity contribution in [1.82, 2.24) is 0 Å². The van der Waals surface area contributed by atoms with Crippen LogP contribution in [0.15, 0.2) is 0 Å². The smallest absolute Gasteiger partial charge is 0.0352 e. The molecule has 0 nitrogen and oxygen atoms in total. The van der Waals surface area contributed by atoms with E-state index in [1.165, 1.54) is 35.5 Å². The molecule has 0 aromatic carbocycles. The summed E-state index contributed by atoms with van der Waals surface area (Å²) in [4.78, 5) is 0. The molecule has 0 saturated heterocycles. The predicted molar refractivity (Wildman–Crippen MR) is 48.6 cm³/mol. The van der Waals surface area contributed by atoms with Crippen LogP contribution in [0.3, 0.4) is 0 Å². The van der Waals surface area contributed by atoms with E-state index in [-0.39, 0.29) is 0 Å². The molecule has 5 atom stereocenters. The predicted octanol–water partition coefficient (Wildman–Crippen LogP) is 3.08. The third-order valence-electron chi connectivity index (χ3n) is 5.21. The van der Waals surface area contributed by atoms with Gasteiger partial charge in [-0.05, 0) is 74.0 Å². The molecule has 0 bridgehead atoms. The van der Waals surface area contributed by atoms with Crippen molar-refractivity contribution in [3.8, 4) is 0 Å². The van der Waals surface area contributed by atoms with E-state index in [0.717, 1.165) is 0 Å². The summed E-state index contributed by atoms with van der Waals surface area (Å²) in [6.45, 7) is 0. The van der Waals surface area contributed by atoms with Gasteiger partial charge in [-0.1, -0.05) is 0 Å². The highest BCUT2D eigenvalue weighted by atomic mass is 14.6. The van der Waals surface area contributed by atoms with Gasteiger partial charge in [-0.25, -0.2) is 0 Å². The minimum Gasteiger partial charge on any atom is -0.0499 e. The highest BCUT2D eigenvalue weighted by molar-refractivity contribution is 5.05. The second-order valence-corrected chi connectivity index (χ2v) is 5.89. The van der Waals surface area contributed by atoms with Crippen LogP contribution >= 0.6 is 0 Å². The third-order valence-corrected chi connectivity index (χ3v) is 5.21. The minimum atomic E-state index is 1.21. The maximum Gasteiger partial charge on any atom is -0.0352 e. The van der Waals surface area contributed by atoms with Gasteiger partial charge in [0.25, 0.3) is 0 Å². The molecule has 0 aromatic rings. The molecule has 0 aromatic heterocycles. The summed E-state index contributed by atoms with van der Waals surface area (Å²) in [6, 6.07) is 0. The Morgan fingerprint density at radius 3 is 1.92 bits per heavy atom. The molecule has 4 fully saturated rings. The van der Waals surface area contributed by atoms with E-state index in [1.807, 2.05) is 0 Å². The molecule has 0 heteroatoms. The van der Waals surface area contributed by atoms with Crippen molar-refractivity contribution in [3.63, 3.8) is 0 Å². The first-order valence-corrected chi connectivity index (χ1v) is 5.92. The van der Waals surface area contributed by atoms with Crippen LogP contribution in [0.5, 0.6) is 0 Å². The lowest BCUT2D eigenvalue weighted by atomic mass is 9.57. The molecular formula is C12H18. The van der Waals surface area contributed by atoms with E-state index >= 15 is 0 Å². The maximum absolute atomic E-state index is 1.65. The zero-order valence-electron chi connectivity index (χ0n) is 7.71. The zero-order chi connectivity index (χ0) is 7.71. The molecule has 4 aliphatic carbocycles. The van der Waals surface area contributed by atoms with Crippen LogP contribution in [0.1, 0.15) is 38.5 Å². The summed E-state index contributed by atoms with van der Waals surface area (Å²) >= 11 is 0. The van der Waals surface area contributed by atoms with Crippen LogP contribution in [0.25, 0.3) is 0 Å². The van der Waals surface area contributed by atoms with Crippen LogP contribution < -0.4 is 0 Å². The normalized spacial score (nSPS) is 61.5. The topological polar surface area (TPSA) is 0 Å². The molecule has 4 saturated carbocycles. The molecule has 0 radical (unpaired) electrons. The number of hydrogen-bond donors (Lipinski definition) is 0. The van der Waals surface area contributed by atoms with Gasteiger partial charge in [-0.15, -0.1) is 0 Å². The Balaban J connectivity index is 1.52. The van der Waals surface area contributed by atoms with Gasteiger partial charge in [0.1, 0.15) is 0 Å². The molecule has 5 unspecified atom stereocenters. The van der Waals surface area contributed by atoms with Gasteiger partial charge in [-0.3, -0.25) is 0 Å². The summed E-state index contributed by atoms with van der Waals surface area (Å²) < 4.78 is 0. The van der Waals surface area contributed by atoms with Crippen LogP contribution in [0.4, 0.5) is 0 Å². The number of rotatable bonds is 1. The summed E-state index contributed by atoms with van der Waals surface area (Å²) in [5.74, 6) is 7.29. The van der Waals surface area contributed by atoms with Crippen molar-refractivity contribution in [2.45, 2.75) is 38.5 Å². The maximum atomic E-state index is 1.65. The summed E-state index contributed by atoms with van der Waals surface area (Å²) in [6.07, 6.45) is 9.71. The second kappa shape index (κ2) is 1.91. The van der Waals surface area contributed by atoms with E-state index in [1.54, 1.807) is 38.5 Å². The lowest BCUT2D eigenvalue weighted by Crippen LogP contribution is -2.40. The largest absolute Gasteiger partial charge is 0.0499 e. The van der Waals surface area contributed by atoms with Gasteiger partial charge < -0.3 is 0 Å². The summed E-state index contributed by atoms with van der Waals surface area (Å²) in [7, 11) is 0. The zero-order valence-corrected chi connectivity index (χ0v) is 7.71. The Morgan fingerprint density at radius 2 is 1.08 bits per heavy atom. The van der Waals surface area contributed by atoms with Gasteiger partial charge in [0.15, 0.2) is 0 Å². The fourth-order valence-corrected chi connectivity index (χ4v) is 4.18. The van der Waals surface area contributed by atoms with E-state index in [9.17, 15) is 0 Å². The van der Waals surface area contributed by atoms with Gasteiger partial charge >= 0.3 is 0 Å². The molecular weight excluding hydrogens is 144 g/mol. The van der Waals surface area contributed by atoms with Crippen LogP contribution in [0.2, 0.25) is 0 Å². The van der Waals surface area contributed by atoms with E-state index < -0.39 is 0 Å². The molecule has 12 heavy (non-hydrogen) atoms.